The number of nitrogens with one attached hydrogen (secondary N) is 2. The van der Waals surface area contributed by atoms with Gasteiger partial charge in [0.05, 0.1) is 5.02 Å². The highest BCUT2D eigenvalue weighted by Crippen LogP contribution is 2.25. The molecule has 1 fully saturated rings. The summed E-state index contributed by atoms with van der Waals surface area (Å²) in [6, 6.07) is 5.69. The van der Waals surface area contributed by atoms with Crippen LogP contribution in [0.5, 0.6) is 0 Å². The molecule has 1 aliphatic heterocycles. The van der Waals surface area contributed by atoms with Crippen LogP contribution in [-0.4, -0.2) is 18.5 Å². The molecule has 0 spiro atoms. The lowest BCUT2D eigenvalue weighted by atomic mass is 10.1. The lowest BCUT2D eigenvalue weighted by Gasteiger charge is -2.10. The maximum atomic E-state index is 11.8. The van der Waals surface area contributed by atoms with Gasteiger partial charge in [0.2, 0.25) is 5.91 Å². The largest absolute Gasteiger partial charge is 0.326 e. The van der Waals surface area contributed by atoms with Gasteiger partial charge < -0.3 is 10.6 Å². The molecule has 1 unspecified atom stereocenters. The Balaban J connectivity index is 0.00000162. The highest BCUT2D eigenvalue weighted by atomic mass is 79.9. The van der Waals surface area contributed by atoms with Crippen molar-refractivity contribution in [3.8, 4) is 0 Å². The molecule has 2 rings (SSSR count). The number of rotatable bonds is 3. The van der Waals surface area contributed by atoms with Gasteiger partial charge in [0.25, 0.3) is 0 Å². The quantitative estimate of drug-likeness (QED) is 0.871. The van der Waals surface area contributed by atoms with E-state index in [1.165, 1.54) is 0 Å². The molecule has 1 saturated heterocycles. The number of benzene rings is 1. The van der Waals surface area contributed by atoms with Gasteiger partial charge in [0.1, 0.15) is 0 Å². The van der Waals surface area contributed by atoms with Gasteiger partial charge in [-0.05, 0) is 53.5 Å². The Morgan fingerprint density at radius 2 is 2.33 bits per heavy atom. The molecule has 0 bridgehead atoms. The zero-order valence-electron chi connectivity index (χ0n) is 9.71. The Labute approximate surface area is 126 Å². The van der Waals surface area contributed by atoms with Crippen molar-refractivity contribution >= 4 is 51.5 Å². The smallest absolute Gasteiger partial charge is 0.225 e. The summed E-state index contributed by atoms with van der Waals surface area (Å²) in [4.78, 5) is 11.8. The molecule has 1 heterocycles. The Bertz CT molecular complexity index is 423. The molecular weight excluding hydrogens is 339 g/mol. The summed E-state index contributed by atoms with van der Waals surface area (Å²) in [5.74, 6) is 0.0404. The number of anilines is 1. The maximum Gasteiger partial charge on any atom is 0.225 e. The fourth-order valence-corrected chi connectivity index (χ4v) is 2.44. The standard InChI is InChI=1S/C12H14BrClN2O.ClH/c13-10-6-9(3-4-11(10)14)16-12(17)7-8-2-1-5-15-8;/h3-4,6,8,15H,1-2,5,7H2,(H,16,17);1H. The van der Waals surface area contributed by atoms with Crippen LogP contribution in [0.1, 0.15) is 19.3 Å². The van der Waals surface area contributed by atoms with E-state index in [1.807, 2.05) is 6.07 Å². The second kappa shape index (κ2) is 7.34. The van der Waals surface area contributed by atoms with Gasteiger partial charge >= 0.3 is 0 Å². The summed E-state index contributed by atoms with van der Waals surface area (Å²) in [5.41, 5.74) is 0.768. The molecule has 18 heavy (non-hydrogen) atoms. The van der Waals surface area contributed by atoms with E-state index in [2.05, 4.69) is 26.6 Å². The Hall–Kier alpha value is -0.290. The molecule has 1 atom stereocenters. The van der Waals surface area contributed by atoms with Gasteiger partial charge in [-0.2, -0.15) is 0 Å². The van der Waals surface area contributed by atoms with Crippen LogP contribution in [0, 0.1) is 0 Å². The molecule has 0 radical (unpaired) electrons. The highest BCUT2D eigenvalue weighted by Gasteiger charge is 2.17. The van der Waals surface area contributed by atoms with Crippen LogP contribution in [0.4, 0.5) is 5.69 Å². The molecule has 1 aliphatic rings. The summed E-state index contributed by atoms with van der Waals surface area (Å²) in [7, 11) is 0. The van der Waals surface area contributed by atoms with E-state index in [0.29, 0.717) is 17.5 Å². The fourth-order valence-electron chi connectivity index (χ4n) is 1.94. The summed E-state index contributed by atoms with van der Waals surface area (Å²) in [5, 5.41) is 6.81. The second-order valence-corrected chi connectivity index (χ2v) is 5.44. The van der Waals surface area contributed by atoms with E-state index in [0.717, 1.165) is 29.5 Å². The Kier molecular flexibility index (Phi) is 6.43. The van der Waals surface area contributed by atoms with Crippen molar-refractivity contribution in [1.29, 1.82) is 0 Å². The van der Waals surface area contributed by atoms with Crippen molar-refractivity contribution in [3.05, 3.63) is 27.7 Å². The second-order valence-electron chi connectivity index (χ2n) is 4.17. The van der Waals surface area contributed by atoms with E-state index >= 15 is 0 Å². The molecule has 1 amide bonds. The number of carbonyl (C=O) groups is 1. The predicted octanol–water partition coefficient (Wildman–Crippen LogP) is 3.60. The summed E-state index contributed by atoms with van der Waals surface area (Å²) in [6.07, 6.45) is 2.77. The molecule has 1 aromatic carbocycles. The van der Waals surface area contributed by atoms with Crippen molar-refractivity contribution < 1.29 is 4.79 Å². The third-order valence-corrected chi connectivity index (χ3v) is 4.01. The van der Waals surface area contributed by atoms with Gasteiger partial charge in [-0.3, -0.25) is 4.79 Å². The zero-order valence-corrected chi connectivity index (χ0v) is 12.9. The van der Waals surface area contributed by atoms with Crippen molar-refractivity contribution in [3.63, 3.8) is 0 Å². The first-order valence-corrected chi connectivity index (χ1v) is 6.80. The maximum absolute atomic E-state index is 11.8. The fraction of sp³-hybridized carbons (Fsp3) is 0.417. The third-order valence-electron chi connectivity index (χ3n) is 2.80. The number of carbonyl (C=O) groups excluding carboxylic acids is 1. The molecule has 6 heteroatoms. The van der Waals surface area contributed by atoms with E-state index in [9.17, 15) is 4.79 Å². The first kappa shape index (κ1) is 15.8. The lowest BCUT2D eigenvalue weighted by Crippen LogP contribution is -2.27. The molecule has 0 aromatic heterocycles. The topological polar surface area (TPSA) is 41.1 Å². The van der Waals surface area contributed by atoms with Crippen LogP contribution in [0.2, 0.25) is 5.02 Å². The lowest BCUT2D eigenvalue weighted by molar-refractivity contribution is -0.116. The molecule has 1 aromatic rings. The summed E-state index contributed by atoms with van der Waals surface area (Å²) >= 11 is 9.21. The van der Waals surface area contributed by atoms with Gasteiger partial charge in [-0.1, -0.05) is 11.6 Å². The van der Waals surface area contributed by atoms with Crippen molar-refractivity contribution in [2.75, 3.05) is 11.9 Å². The van der Waals surface area contributed by atoms with Crippen LogP contribution in [0.3, 0.4) is 0 Å². The van der Waals surface area contributed by atoms with Gasteiger partial charge in [-0.25, -0.2) is 0 Å². The first-order chi connectivity index (χ1) is 8.15. The van der Waals surface area contributed by atoms with Crippen LogP contribution < -0.4 is 10.6 Å². The first-order valence-electron chi connectivity index (χ1n) is 5.63. The van der Waals surface area contributed by atoms with Crippen molar-refractivity contribution in [2.45, 2.75) is 25.3 Å². The molecule has 3 nitrogen and oxygen atoms in total. The van der Waals surface area contributed by atoms with Crippen LogP contribution in [0.25, 0.3) is 0 Å². The van der Waals surface area contributed by atoms with Crippen LogP contribution in [0.15, 0.2) is 22.7 Å². The number of amides is 1. The molecule has 0 saturated carbocycles. The van der Waals surface area contributed by atoms with Crippen molar-refractivity contribution in [1.82, 2.24) is 5.32 Å². The average Bonchev–Trinajstić information content (AvgIpc) is 2.76. The SMILES string of the molecule is Cl.O=C(CC1CCCN1)Nc1ccc(Cl)c(Br)c1. The van der Waals surface area contributed by atoms with Gasteiger partial charge in [0.15, 0.2) is 0 Å². The Morgan fingerprint density at radius 1 is 1.56 bits per heavy atom. The Morgan fingerprint density at radius 3 is 2.94 bits per heavy atom. The van der Waals surface area contributed by atoms with Crippen LogP contribution in [-0.2, 0) is 4.79 Å². The molecule has 0 aliphatic carbocycles. The number of hydrogen-bond donors (Lipinski definition) is 2. The van der Waals surface area contributed by atoms with Gasteiger partial charge in [0, 0.05) is 22.6 Å². The molecule has 2 N–H and O–H groups in total. The number of halogens is 3. The average molecular weight is 354 g/mol. The van der Waals surface area contributed by atoms with Gasteiger partial charge in [-0.15, -0.1) is 12.4 Å². The minimum absolute atomic E-state index is 0. The third kappa shape index (κ3) is 4.43. The monoisotopic (exact) mass is 352 g/mol. The zero-order chi connectivity index (χ0) is 12.3. The van der Waals surface area contributed by atoms with E-state index in [4.69, 9.17) is 11.6 Å². The van der Waals surface area contributed by atoms with Crippen LogP contribution >= 0.6 is 39.9 Å². The number of hydrogen-bond acceptors (Lipinski definition) is 2. The molecule has 100 valence electrons. The van der Waals surface area contributed by atoms with E-state index < -0.39 is 0 Å². The van der Waals surface area contributed by atoms with E-state index in [-0.39, 0.29) is 18.3 Å². The minimum Gasteiger partial charge on any atom is -0.326 e. The predicted molar refractivity (Wildman–Crippen MR) is 80.7 cm³/mol. The minimum atomic E-state index is 0. The summed E-state index contributed by atoms with van der Waals surface area (Å²) in [6.45, 7) is 1.02. The van der Waals surface area contributed by atoms with E-state index in [1.54, 1.807) is 12.1 Å². The van der Waals surface area contributed by atoms with Crippen molar-refractivity contribution in [2.24, 2.45) is 0 Å². The normalized spacial score (nSPS) is 18.2. The molecular formula is C12H15BrCl2N2O. The summed E-state index contributed by atoms with van der Waals surface area (Å²) < 4.78 is 0.788. The highest BCUT2D eigenvalue weighted by molar-refractivity contribution is 9.10.